The Morgan fingerprint density at radius 2 is 1.83 bits per heavy atom. The highest BCUT2D eigenvalue weighted by Crippen LogP contribution is 2.28. The van der Waals surface area contributed by atoms with E-state index in [2.05, 4.69) is 21.7 Å². The Kier molecular flexibility index (Phi) is 7.04. The van der Waals surface area contributed by atoms with E-state index in [1.54, 1.807) is 43.3 Å². The van der Waals surface area contributed by atoms with Crippen LogP contribution in [-0.2, 0) is 18.8 Å². The Balaban J connectivity index is 1.32. The van der Waals surface area contributed by atoms with Crippen molar-refractivity contribution in [3.05, 3.63) is 108 Å². The third-order valence-electron chi connectivity index (χ3n) is 5.90. The summed E-state index contributed by atoms with van der Waals surface area (Å²) < 4.78 is 12.8. The largest absolute Gasteiger partial charge is 0.497 e. The number of imidazole rings is 1. The van der Waals surface area contributed by atoms with Crippen molar-refractivity contribution in [1.29, 1.82) is 0 Å². The van der Waals surface area contributed by atoms with Crippen molar-refractivity contribution >= 4 is 28.7 Å². The summed E-state index contributed by atoms with van der Waals surface area (Å²) in [7, 11) is 3.44. The third kappa shape index (κ3) is 5.28. The molecule has 0 unspecified atom stereocenters. The fourth-order valence-electron chi connectivity index (χ4n) is 3.94. The van der Waals surface area contributed by atoms with Gasteiger partial charge >= 0.3 is 0 Å². The number of rotatable bonds is 9. The summed E-state index contributed by atoms with van der Waals surface area (Å²) in [5, 5.41) is 0.923. The zero-order chi connectivity index (χ0) is 24.9. The van der Waals surface area contributed by atoms with Crippen molar-refractivity contribution in [3.63, 3.8) is 0 Å². The van der Waals surface area contributed by atoms with Gasteiger partial charge < -0.3 is 18.6 Å². The molecule has 0 aliphatic rings. The number of carbonyl (C=O) groups is 1. The molecule has 182 valence electrons. The molecule has 0 aliphatic heterocycles. The summed E-state index contributed by atoms with van der Waals surface area (Å²) >= 11 is 1.69. The average Bonchev–Trinajstić information content (AvgIpc) is 3.55. The van der Waals surface area contributed by atoms with Gasteiger partial charge in [-0.05, 0) is 53.6 Å². The smallest absolute Gasteiger partial charge is 0.254 e. The molecule has 0 atom stereocenters. The minimum absolute atomic E-state index is 0.0500. The fraction of sp³-hybridized carbons (Fsp3) is 0.179. The van der Waals surface area contributed by atoms with Crippen molar-refractivity contribution in [3.8, 4) is 5.75 Å². The Morgan fingerprint density at radius 3 is 2.56 bits per heavy atom. The zero-order valence-electron chi connectivity index (χ0n) is 20.1. The Hall–Kier alpha value is -4.04. The summed E-state index contributed by atoms with van der Waals surface area (Å²) in [6.45, 7) is 1.06. The summed E-state index contributed by atoms with van der Waals surface area (Å²) in [6, 6.07) is 21.4. The van der Waals surface area contributed by atoms with Crippen LogP contribution in [0, 0.1) is 0 Å². The van der Waals surface area contributed by atoms with Crippen LogP contribution >= 0.6 is 11.8 Å². The van der Waals surface area contributed by atoms with E-state index in [9.17, 15) is 4.79 Å². The molecule has 0 spiro atoms. The molecule has 0 fully saturated rings. The number of fused-ring (bicyclic) bond motifs is 1. The average molecular weight is 499 g/mol. The molecule has 0 radical (unpaired) electrons. The third-order valence-corrected chi connectivity index (χ3v) is 6.95. The maximum atomic E-state index is 12.8. The van der Waals surface area contributed by atoms with Crippen molar-refractivity contribution in [2.75, 3.05) is 14.2 Å². The number of benzene rings is 2. The molecule has 3 heterocycles. The molecule has 1 amide bonds. The van der Waals surface area contributed by atoms with Crippen LogP contribution < -0.4 is 4.74 Å². The van der Waals surface area contributed by atoms with Gasteiger partial charge in [-0.25, -0.2) is 4.98 Å². The lowest BCUT2D eigenvalue weighted by atomic mass is 10.1. The number of pyridine rings is 1. The summed E-state index contributed by atoms with van der Waals surface area (Å²) in [6.07, 6.45) is 5.22. The van der Waals surface area contributed by atoms with Gasteiger partial charge in [0.2, 0.25) is 0 Å². The second kappa shape index (κ2) is 10.7. The van der Waals surface area contributed by atoms with Gasteiger partial charge in [-0.2, -0.15) is 0 Å². The molecular formula is C28H26N4O3S. The number of thioether (sulfide) groups is 1. The molecule has 0 saturated carbocycles. The summed E-state index contributed by atoms with van der Waals surface area (Å²) in [5.74, 6) is 2.33. The lowest BCUT2D eigenvalue weighted by Gasteiger charge is -2.16. The molecule has 2 aromatic carbocycles. The first kappa shape index (κ1) is 23.7. The Bertz CT molecular complexity index is 1440. The van der Waals surface area contributed by atoms with Crippen LogP contribution in [0.1, 0.15) is 27.2 Å². The number of hydrogen-bond donors (Lipinski definition) is 0. The molecule has 36 heavy (non-hydrogen) atoms. The standard InChI is InChI=1S/C28H26N4O3S/c1-31(18-24-4-3-15-35-24)27(33)22-9-5-20(6-10-22)17-32-26-16-29-14-13-25(26)30-28(32)36-19-21-7-11-23(34-2)12-8-21/h3-16H,17-19H2,1-2H3. The van der Waals surface area contributed by atoms with E-state index in [1.165, 1.54) is 5.56 Å². The van der Waals surface area contributed by atoms with E-state index in [0.29, 0.717) is 18.7 Å². The monoisotopic (exact) mass is 498 g/mol. The highest BCUT2D eigenvalue weighted by molar-refractivity contribution is 7.98. The van der Waals surface area contributed by atoms with Gasteiger partial charge in [-0.15, -0.1) is 0 Å². The van der Waals surface area contributed by atoms with E-state index in [1.807, 2.05) is 60.8 Å². The topological polar surface area (TPSA) is 73.4 Å². The van der Waals surface area contributed by atoms with Crippen LogP contribution in [0.3, 0.4) is 0 Å². The van der Waals surface area contributed by atoms with Gasteiger partial charge in [0.15, 0.2) is 5.16 Å². The number of amides is 1. The number of methoxy groups -OCH3 is 1. The summed E-state index contributed by atoms with van der Waals surface area (Å²) in [4.78, 5) is 23.7. The maximum absolute atomic E-state index is 12.8. The van der Waals surface area contributed by atoms with E-state index in [0.717, 1.165) is 39.0 Å². The molecule has 5 rings (SSSR count). The molecule has 5 aromatic rings. The lowest BCUT2D eigenvalue weighted by Crippen LogP contribution is -2.25. The predicted molar refractivity (Wildman–Crippen MR) is 140 cm³/mol. The number of furan rings is 1. The van der Waals surface area contributed by atoms with E-state index >= 15 is 0 Å². The number of nitrogens with zero attached hydrogens (tertiary/aromatic N) is 4. The molecule has 0 saturated heterocycles. The number of carbonyl (C=O) groups excluding carboxylic acids is 1. The van der Waals surface area contributed by atoms with Gasteiger partial charge in [0.1, 0.15) is 11.5 Å². The molecule has 8 heteroatoms. The quantitative estimate of drug-likeness (QED) is 0.245. The van der Waals surface area contributed by atoms with Crippen LogP contribution in [0.4, 0.5) is 0 Å². The number of ether oxygens (including phenoxy) is 1. The second-order valence-corrected chi connectivity index (χ2v) is 9.36. The minimum Gasteiger partial charge on any atom is -0.497 e. The molecule has 0 aliphatic carbocycles. The lowest BCUT2D eigenvalue weighted by molar-refractivity contribution is 0.0775. The fourth-order valence-corrected chi connectivity index (χ4v) is 4.91. The summed E-state index contributed by atoms with van der Waals surface area (Å²) in [5.41, 5.74) is 4.80. The van der Waals surface area contributed by atoms with Crippen molar-refractivity contribution in [2.24, 2.45) is 0 Å². The molecule has 3 aromatic heterocycles. The van der Waals surface area contributed by atoms with Crippen LogP contribution in [0.2, 0.25) is 0 Å². The van der Waals surface area contributed by atoms with Crippen LogP contribution in [0.5, 0.6) is 5.75 Å². The van der Waals surface area contributed by atoms with Crippen molar-refractivity contribution in [2.45, 2.75) is 24.0 Å². The van der Waals surface area contributed by atoms with Crippen molar-refractivity contribution < 1.29 is 13.9 Å². The van der Waals surface area contributed by atoms with Crippen LogP contribution in [0.25, 0.3) is 11.0 Å². The SMILES string of the molecule is COc1ccc(CSc2nc3ccncc3n2Cc2ccc(C(=O)N(C)Cc3ccco3)cc2)cc1. The first-order chi connectivity index (χ1) is 17.6. The maximum Gasteiger partial charge on any atom is 0.254 e. The number of aromatic nitrogens is 3. The second-order valence-electron chi connectivity index (χ2n) is 8.42. The van der Waals surface area contributed by atoms with E-state index in [-0.39, 0.29) is 5.91 Å². The Labute approximate surface area is 213 Å². The molecular weight excluding hydrogens is 472 g/mol. The molecule has 7 nitrogen and oxygen atoms in total. The van der Waals surface area contributed by atoms with Crippen molar-refractivity contribution in [1.82, 2.24) is 19.4 Å². The highest BCUT2D eigenvalue weighted by Gasteiger charge is 2.15. The van der Waals surface area contributed by atoms with Crippen LogP contribution in [-0.4, -0.2) is 39.5 Å². The highest BCUT2D eigenvalue weighted by atomic mass is 32.2. The normalized spacial score (nSPS) is 11.1. The Morgan fingerprint density at radius 1 is 1.06 bits per heavy atom. The molecule has 0 bridgehead atoms. The zero-order valence-corrected chi connectivity index (χ0v) is 20.9. The predicted octanol–water partition coefficient (Wildman–Crippen LogP) is 5.65. The first-order valence-electron chi connectivity index (χ1n) is 11.5. The molecule has 0 N–H and O–H groups in total. The van der Waals surface area contributed by atoms with Gasteiger partial charge in [0.05, 0.1) is 43.7 Å². The van der Waals surface area contributed by atoms with Crippen LogP contribution in [0.15, 0.2) is 95.0 Å². The van der Waals surface area contributed by atoms with E-state index < -0.39 is 0 Å². The first-order valence-corrected chi connectivity index (χ1v) is 12.5. The number of hydrogen-bond acceptors (Lipinski definition) is 6. The van der Waals surface area contributed by atoms with Gasteiger partial charge in [0, 0.05) is 24.6 Å². The van der Waals surface area contributed by atoms with Gasteiger partial charge in [-0.1, -0.05) is 36.0 Å². The van der Waals surface area contributed by atoms with Gasteiger partial charge in [-0.3, -0.25) is 9.78 Å². The minimum atomic E-state index is -0.0500. The van der Waals surface area contributed by atoms with E-state index in [4.69, 9.17) is 14.1 Å². The van der Waals surface area contributed by atoms with Gasteiger partial charge in [0.25, 0.3) is 5.91 Å².